The van der Waals surface area contributed by atoms with Gasteiger partial charge in [-0.25, -0.2) is 0 Å². The van der Waals surface area contributed by atoms with Crippen molar-refractivity contribution in [3.05, 3.63) is 29.8 Å². The molecule has 0 heterocycles. The summed E-state index contributed by atoms with van der Waals surface area (Å²) in [4.78, 5) is 0. The molecule has 3 nitrogen and oxygen atoms in total. The van der Waals surface area contributed by atoms with E-state index in [1.54, 1.807) is 7.11 Å². The van der Waals surface area contributed by atoms with Gasteiger partial charge in [-0.1, -0.05) is 12.1 Å². The van der Waals surface area contributed by atoms with E-state index in [0.717, 1.165) is 18.3 Å². The molecule has 1 aromatic carbocycles. The lowest BCUT2D eigenvalue weighted by atomic mass is 10.1. The standard InChI is InChI=1S/C13H20N2O/c1-14-13(9-15-11-5-6-11)10-3-7-12(16-2)8-4-10/h3-4,7-8,11,13-15H,5-6,9H2,1-2H3. The predicted molar refractivity (Wildman–Crippen MR) is 65.8 cm³/mol. The maximum atomic E-state index is 5.15. The van der Waals surface area contributed by atoms with Crippen LogP contribution in [0.25, 0.3) is 0 Å². The average molecular weight is 220 g/mol. The SMILES string of the molecule is CNC(CNC1CC1)c1ccc(OC)cc1. The first-order chi connectivity index (χ1) is 7.83. The minimum absolute atomic E-state index is 0.381. The normalized spacial score (nSPS) is 17.1. The first-order valence-electron chi connectivity index (χ1n) is 5.88. The van der Waals surface area contributed by atoms with Gasteiger partial charge < -0.3 is 15.4 Å². The highest BCUT2D eigenvalue weighted by atomic mass is 16.5. The monoisotopic (exact) mass is 220 g/mol. The fourth-order valence-corrected chi connectivity index (χ4v) is 1.79. The third kappa shape index (κ3) is 2.97. The molecule has 2 rings (SSSR count). The number of benzene rings is 1. The van der Waals surface area contributed by atoms with E-state index in [9.17, 15) is 0 Å². The fourth-order valence-electron chi connectivity index (χ4n) is 1.79. The minimum Gasteiger partial charge on any atom is -0.497 e. The summed E-state index contributed by atoms with van der Waals surface area (Å²) < 4.78 is 5.15. The molecule has 0 amide bonds. The smallest absolute Gasteiger partial charge is 0.118 e. The fraction of sp³-hybridized carbons (Fsp3) is 0.538. The van der Waals surface area contributed by atoms with Crippen LogP contribution in [0, 0.1) is 0 Å². The Morgan fingerprint density at radius 3 is 2.50 bits per heavy atom. The topological polar surface area (TPSA) is 33.3 Å². The summed E-state index contributed by atoms with van der Waals surface area (Å²) in [6.07, 6.45) is 2.66. The molecule has 88 valence electrons. The second kappa shape index (κ2) is 5.32. The summed E-state index contributed by atoms with van der Waals surface area (Å²) in [5.41, 5.74) is 1.30. The van der Waals surface area contributed by atoms with Crippen molar-refractivity contribution in [1.82, 2.24) is 10.6 Å². The molecule has 3 heteroatoms. The molecule has 0 bridgehead atoms. The van der Waals surface area contributed by atoms with Crippen LogP contribution in [0.3, 0.4) is 0 Å². The summed E-state index contributed by atoms with van der Waals surface area (Å²) in [5, 5.41) is 6.88. The molecular weight excluding hydrogens is 200 g/mol. The number of nitrogens with one attached hydrogen (secondary N) is 2. The molecule has 1 unspecified atom stereocenters. The van der Waals surface area contributed by atoms with Gasteiger partial charge in [-0.2, -0.15) is 0 Å². The first-order valence-corrected chi connectivity index (χ1v) is 5.88. The Hall–Kier alpha value is -1.06. The predicted octanol–water partition coefficient (Wildman–Crippen LogP) is 1.71. The van der Waals surface area contributed by atoms with Crippen LogP contribution in [0.2, 0.25) is 0 Å². The number of hydrogen-bond acceptors (Lipinski definition) is 3. The summed E-state index contributed by atoms with van der Waals surface area (Å²) in [7, 11) is 3.70. The largest absolute Gasteiger partial charge is 0.497 e. The van der Waals surface area contributed by atoms with Crippen molar-refractivity contribution in [3.8, 4) is 5.75 Å². The van der Waals surface area contributed by atoms with Crippen LogP contribution in [0.1, 0.15) is 24.4 Å². The molecular formula is C13H20N2O. The van der Waals surface area contributed by atoms with Gasteiger partial charge in [-0.15, -0.1) is 0 Å². The lowest BCUT2D eigenvalue weighted by Crippen LogP contribution is -2.30. The Morgan fingerprint density at radius 2 is 2.00 bits per heavy atom. The average Bonchev–Trinajstić information content (AvgIpc) is 3.15. The van der Waals surface area contributed by atoms with Crippen molar-refractivity contribution in [2.75, 3.05) is 20.7 Å². The van der Waals surface area contributed by atoms with Crippen molar-refractivity contribution in [2.24, 2.45) is 0 Å². The van der Waals surface area contributed by atoms with Crippen molar-refractivity contribution in [2.45, 2.75) is 24.9 Å². The molecule has 1 aromatic rings. The Balaban J connectivity index is 1.94. The van der Waals surface area contributed by atoms with Crippen molar-refractivity contribution >= 4 is 0 Å². The molecule has 16 heavy (non-hydrogen) atoms. The Bertz CT molecular complexity index is 319. The minimum atomic E-state index is 0.381. The van der Waals surface area contributed by atoms with Gasteiger partial charge >= 0.3 is 0 Å². The van der Waals surface area contributed by atoms with Crippen LogP contribution < -0.4 is 15.4 Å². The van der Waals surface area contributed by atoms with Gasteiger partial charge in [-0.05, 0) is 37.6 Å². The highest BCUT2D eigenvalue weighted by molar-refractivity contribution is 5.29. The van der Waals surface area contributed by atoms with Gasteiger partial charge in [-0.3, -0.25) is 0 Å². The van der Waals surface area contributed by atoms with Crippen molar-refractivity contribution < 1.29 is 4.74 Å². The van der Waals surface area contributed by atoms with E-state index in [-0.39, 0.29) is 0 Å². The molecule has 1 atom stereocenters. The van der Waals surface area contributed by atoms with Crippen LogP contribution in [-0.2, 0) is 0 Å². The second-order valence-electron chi connectivity index (χ2n) is 4.30. The number of hydrogen-bond donors (Lipinski definition) is 2. The molecule has 0 aromatic heterocycles. The zero-order valence-corrected chi connectivity index (χ0v) is 9.99. The van der Waals surface area contributed by atoms with E-state index in [1.165, 1.54) is 18.4 Å². The van der Waals surface area contributed by atoms with Crippen LogP contribution in [-0.4, -0.2) is 26.7 Å². The van der Waals surface area contributed by atoms with Crippen LogP contribution >= 0.6 is 0 Å². The summed E-state index contributed by atoms with van der Waals surface area (Å²) in [6.45, 7) is 0.994. The van der Waals surface area contributed by atoms with Gasteiger partial charge in [0.2, 0.25) is 0 Å². The third-order valence-corrected chi connectivity index (χ3v) is 3.05. The number of methoxy groups -OCH3 is 1. The van der Waals surface area contributed by atoms with E-state index in [4.69, 9.17) is 4.74 Å². The molecule has 1 aliphatic carbocycles. The van der Waals surface area contributed by atoms with Gasteiger partial charge in [0.25, 0.3) is 0 Å². The van der Waals surface area contributed by atoms with E-state index in [0.29, 0.717) is 6.04 Å². The molecule has 1 saturated carbocycles. The molecule has 0 aliphatic heterocycles. The Morgan fingerprint density at radius 1 is 1.31 bits per heavy atom. The van der Waals surface area contributed by atoms with Gasteiger partial charge in [0.1, 0.15) is 5.75 Å². The summed E-state index contributed by atoms with van der Waals surface area (Å²) in [5.74, 6) is 0.911. The highest BCUT2D eigenvalue weighted by Gasteiger charge is 2.21. The van der Waals surface area contributed by atoms with E-state index in [2.05, 4.69) is 22.8 Å². The molecule has 2 N–H and O–H groups in total. The van der Waals surface area contributed by atoms with Crippen molar-refractivity contribution in [1.29, 1.82) is 0 Å². The van der Waals surface area contributed by atoms with Crippen molar-refractivity contribution in [3.63, 3.8) is 0 Å². The molecule has 1 aliphatic rings. The number of ether oxygens (including phenoxy) is 1. The van der Waals surface area contributed by atoms with Gasteiger partial charge in [0.05, 0.1) is 7.11 Å². The van der Waals surface area contributed by atoms with E-state index in [1.807, 2.05) is 19.2 Å². The maximum Gasteiger partial charge on any atom is 0.118 e. The van der Waals surface area contributed by atoms with Crippen LogP contribution in [0.15, 0.2) is 24.3 Å². The van der Waals surface area contributed by atoms with Gasteiger partial charge in [0.15, 0.2) is 0 Å². The van der Waals surface area contributed by atoms with E-state index < -0.39 is 0 Å². The summed E-state index contributed by atoms with van der Waals surface area (Å²) >= 11 is 0. The summed E-state index contributed by atoms with van der Waals surface area (Å²) in [6, 6.07) is 9.40. The molecule has 0 radical (unpaired) electrons. The molecule has 0 spiro atoms. The second-order valence-corrected chi connectivity index (χ2v) is 4.30. The lowest BCUT2D eigenvalue weighted by molar-refractivity contribution is 0.414. The zero-order chi connectivity index (χ0) is 11.4. The molecule has 0 saturated heterocycles. The Labute approximate surface area is 97.2 Å². The maximum absolute atomic E-state index is 5.15. The van der Waals surface area contributed by atoms with Crippen LogP contribution in [0.5, 0.6) is 5.75 Å². The highest BCUT2D eigenvalue weighted by Crippen LogP contribution is 2.21. The lowest BCUT2D eigenvalue weighted by Gasteiger charge is -2.17. The molecule has 1 fully saturated rings. The van der Waals surface area contributed by atoms with E-state index >= 15 is 0 Å². The number of rotatable bonds is 6. The number of likely N-dealkylation sites (N-methyl/N-ethyl adjacent to an activating group) is 1. The Kier molecular flexibility index (Phi) is 3.80. The third-order valence-electron chi connectivity index (χ3n) is 3.05. The quantitative estimate of drug-likeness (QED) is 0.765. The first kappa shape index (κ1) is 11.4. The zero-order valence-electron chi connectivity index (χ0n) is 9.99. The van der Waals surface area contributed by atoms with Gasteiger partial charge in [0, 0.05) is 18.6 Å². The van der Waals surface area contributed by atoms with Crippen LogP contribution in [0.4, 0.5) is 0 Å².